The quantitative estimate of drug-likeness (QED) is 0.499. The van der Waals surface area contributed by atoms with Crippen molar-refractivity contribution in [2.75, 3.05) is 44.9 Å². The van der Waals surface area contributed by atoms with Crippen LogP contribution in [0, 0.1) is 5.92 Å². The maximum atomic E-state index is 10.2. The van der Waals surface area contributed by atoms with Crippen molar-refractivity contribution in [3.8, 4) is 0 Å². The third-order valence-corrected chi connectivity index (χ3v) is 4.71. The van der Waals surface area contributed by atoms with E-state index in [1.54, 1.807) is 7.05 Å². The summed E-state index contributed by atoms with van der Waals surface area (Å²) in [6.45, 7) is 3.16. The number of aliphatic imine (C=N–C) groups is 1. The Morgan fingerprint density at radius 2 is 2.44 bits per heavy atom. The van der Waals surface area contributed by atoms with Gasteiger partial charge in [0, 0.05) is 38.4 Å². The lowest BCUT2D eigenvalue weighted by Crippen LogP contribution is -2.48. The zero-order chi connectivity index (χ0) is 12.8. The fourth-order valence-corrected chi connectivity index (χ4v) is 3.49. The predicted octanol–water partition coefficient (Wildman–Crippen LogP) is 0.0559. The molecule has 0 aromatic heterocycles. The minimum Gasteiger partial charge on any atom is -0.387 e. The highest BCUT2D eigenvalue weighted by atomic mass is 32.2. The van der Waals surface area contributed by atoms with Crippen LogP contribution in [-0.4, -0.2) is 61.5 Å². The minimum atomic E-state index is -0.571. The molecule has 6 heteroatoms. The first-order valence-corrected chi connectivity index (χ1v) is 7.70. The summed E-state index contributed by atoms with van der Waals surface area (Å²) in [6.07, 6.45) is 1.97. The van der Waals surface area contributed by atoms with E-state index in [-0.39, 0.29) is 0 Å². The van der Waals surface area contributed by atoms with Crippen LogP contribution in [0.15, 0.2) is 4.99 Å². The summed E-state index contributed by atoms with van der Waals surface area (Å²) in [6, 6.07) is 0. The van der Waals surface area contributed by atoms with Gasteiger partial charge in [0.25, 0.3) is 0 Å². The van der Waals surface area contributed by atoms with Gasteiger partial charge in [0.2, 0.25) is 0 Å². The topological polar surface area (TPSA) is 65.9 Å². The van der Waals surface area contributed by atoms with Crippen molar-refractivity contribution in [1.82, 2.24) is 10.6 Å². The normalized spacial score (nSPS) is 32.8. The van der Waals surface area contributed by atoms with Crippen molar-refractivity contribution < 1.29 is 9.84 Å². The molecular formula is C12H23N3O2S. The van der Waals surface area contributed by atoms with Crippen LogP contribution >= 0.6 is 11.8 Å². The van der Waals surface area contributed by atoms with E-state index in [1.807, 2.05) is 11.8 Å². The smallest absolute Gasteiger partial charge is 0.191 e. The number of guanidine groups is 1. The second-order valence-electron chi connectivity index (χ2n) is 5.06. The van der Waals surface area contributed by atoms with E-state index in [9.17, 15) is 5.11 Å². The molecule has 2 aliphatic heterocycles. The lowest BCUT2D eigenvalue weighted by molar-refractivity contribution is 0.0724. The van der Waals surface area contributed by atoms with Gasteiger partial charge in [-0.25, -0.2) is 0 Å². The summed E-state index contributed by atoms with van der Waals surface area (Å²) in [5.74, 6) is 3.21. The van der Waals surface area contributed by atoms with Crippen molar-refractivity contribution in [1.29, 1.82) is 0 Å². The summed E-state index contributed by atoms with van der Waals surface area (Å²) in [7, 11) is 1.76. The van der Waals surface area contributed by atoms with E-state index in [2.05, 4.69) is 15.6 Å². The molecular weight excluding hydrogens is 250 g/mol. The largest absolute Gasteiger partial charge is 0.387 e. The lowest BCUT2D eigenvalue weighted by Gasteiger charge is -2.23. The summed E-state index contributed by atoms with van der Waals surface area (Å²) in [5, 5.41) is 16.7. The molecule has 0 aromatic rings. The molecule has 0 aliphatic carbocycles. The lowest BCUT2D eigenvalue weighted by atomic mass is 10.0. The van der Waals surface area contributed by atoms with Crippen LogP contribution in [0.4, 0.5) is 0 Å². The first kappa shape index (κ1) is 14.0. The molecule has 0 amide bonds. The van der Waals surface area contributed by atoms with Crippen molar-refractivity contribution in [3.63, 3.8) is 0 Å². The highest BCUT2D eigenvalue weighted by Gasteiger charge is 2.31. The maximum Gasteiger partial charge on any atom is 0.191 e. The molecule has 0 saturated carbocycles. The molecule has 0 bridgehead atoms. The molecule has 18 heavy (non-hydrogen) atoms. The molecule has 2 rings (SSSR count). The molecule has 0 spiro atoms. The molecule has 2 aliphatic rings. The number of nitrogens with zero attached hydrogens (tertiary/aromatic N) is 1. The summed E-state index contributed by atoms with van der Waals surface area (Å²) < 4.78 is 5.34. The molecule has 5 nitrogen and oxygen atoms in total. The highest BCUT2D eigenvalue weighted by molar-refractivity contribution is 7.99. The number of hydrogen-bond donors (Lipinski definition) is 3. The van der Waals surface area contributed by atoms with Gasteiger partial charge in [0.15, 0.2) is 5.96 Å². The van der Waals surface area contributed by atoms with Gasteiger partial charge in [-0.3, -0.25) is 4.99 Å². The van der Waals surface area contributed by atoms with Gasteiger partial charge in [-0.05, 0) is 18.6 Å². The number of nitrogens with one attached hydrogen (secondary N) is 2. The third kappa shape index (κ3) is 4.03. The van der Waals surface area contributed by atoms with Crippen LogP contribution in [-0.2, 0) is 4.74 Å². The second-order valence-corrected chi connectivity index (χ2v) is 6.17. The fourth-order valence-electron chi connectivity index (χ4n) is 2.19. The Kier molecular flexibility index (Phi) is 5.14. The van der Waals surface area contributed by atoms with Gasteiger partial charge in [-0.1, -0.05) is 0 Å². The zero-order valence-electron chi connectivity index (χ0n) is 10.9. The van der Waals surface area contributed by atoms with E-state index in [1.165, 1.54) is 0 Å². The Morgan fingerprint density at radius 1 is 1.56 bits per heavy atom. The Balaban J connectivity index is 1.68. The molecule has 2 heterocycles. The number of ether oxygens (including phenoxy) is 1. The average molecular weight is 273 g/mol. The summed E-state index contributed by atoms with van der Waals surface area (Å²) >= 11 is 1.81. The van der Waals surface area contributed by atoms with Gasteiger partial charge in [-0.15, -0.1) is 0 Å². The molecule has 104 valence electrons. The van der Waals surface area contributed by atoms with E-state index >= 15 is 0 Å². The van der Waals surface area contributed by atoms with E-state index in [4.69, 9.17) is 4.74 Å². The van der Waals surface area contributed by atoms with Crippen LogP contribution in [0.25, 0.3) is 0 Å². The van der Waals surface area contributed by atoms with Crippen LogP contribution in [0.5, 0.6) is 0 Å². The van der Waals surface area contributed by atoms with Crippen molar-refractivity contribution in [3.05, 3.63) is 0 Å². The monoisotopic (exact) mass is 273 g/mol. The first-order chi connectivity index (χ1) is 8.72. The molecule has 0 radical (unpaired) electrons. The molecule has 2 unspecified atom stereocenters. The van der Waals surface area contributed by atoms with Gasteiger partial charge in [0.05, 0.1) is 12.2 Å². The predicted molar refractivity (Wildman–Crippen MR) is 75.2 cm³/mol. The second kappa shape index (κ2) is 6.63. The zero-order valence-corrected chi connectivity index (χ0v) is 11.8. The van der Waals surface area contributed by atoms with Gasteiger partial charge in [0.1, 0.15) is 0 Å². The molecule has 2 fully saturated rings. The molecule has 2 atom stereocenters. The summed E-state index contributed by atoms with van der Waals surface area (Å²) in [4.78, 5) is 4.18. The van der Waals surface area contributed by atoms with Gasteiger partial charge < -0.3 is 20.5 Å². The molecule has 3 N–H and O–H groups in total. The van der Waals surface area contributed by atoms with E-state index < -0.39 is 5.60 Å². The molecule has 2 saturated heterocycles. The van der Waals surface area contributed by atoms with E-state index in [0.29, 0.717) is 12.5 Å². The van der Waals surface area contributed by atoms with Crippen molar-refractivity contribution in [2.24, 2.45) is 10.9 Å². The maximum absolute atomic E-state index is 10.2. The van der Waals surface area contributed by atoms with Crippen molar-refractivity contribution >= 4 is 17.7 Å². The third-order valence-electron chi connectivity index (χ3n) is 3.47. The SMILES string of the molecule is CN=C(NCC1CCOC1)NCC1(O)CCSC1. The Bertz CT molecular complexity index is 287. The first-order valence-electron chi connectivity index (χ1n) is 6.54. The number of hydrogen-bond acceptors (Lipinski definition) is 4. The van der Waals surface area contributed by atoms with Gasteiger partial charge >= 0.3 is 0 Å². The highest BCUT2D eigenvalue weighted by Crippen LogP contribution is 2.26. The van der Waals surface area contributed by atoms with Crippen LogP contribution < -0.4 is 10.6 Å². The van der Waals surface area contributed by atoms with Gasteiger partial charge in [-0.2, -0.15) is 11.8 Å². The van der Waals surface area contributed by atoms with E-state index in [0.717, 1.165) is 50.1 Å². The Morgan fingerprint density at radius 3 is 3.06 bits per heavy atom. The number of aliphatic hydroxyl groups is 1. The summed E-state index contributed by atoms with van der Waals surface area (Å²) in [5.41, 5.74) is -0.571. The molecule has 0 aromatic carbocycles. The number of rotatable bonds is 4. The Labute approximate surface area is 113 Å². The minimum absolute atomic E-state index is 0.570. The van der Waals surface area contributed by atoms with Crippen LogP contribution in [0.3, 0.4) is 0 Å². The van der Waals surface area contributed by atoms with Crippen molar-refractivity contribution in [2.45, 2.75) is 18.4 Å². The van der Waals surface area contributed by atoms with Crippen LogP contribution in [0.2, 0.25) is 0 Å². The average Bonchev–Trinajstić information content (AvgIpc) is 3.01. The standard InChI is InChI=1S/C12H23N3O2S/c1-13-11(14-6-10-2-4-17-7-10)15-8-12(16)3-5-18-9-12/h10,16H,2-9H2,1H3,(H2,13,14,15). The Hall–Kier alpha value is -0.460. The van der Waals surface area contributed by atoms with Crippen LogP contribution in [0.1, 0.15) is 12.8 Å². The fraction of sp³-hybridized carbons (Fsp3) is 0.917. The number of thioether (sulfide) groups is 1.